The Morgan fingerprint density at radius 1 is 1.15 bits per heavy atom. The van der Waals surface area contributed by atoms with Gasteiger partial charge in [0, 0.05) is 12.4 Å². The molecular formula is C20H18FNO4. The minimum Gasteiger partial charge on any atom is -0.506 e. The van der Waals surface area contributed by atoms with E-state index in [4.69, 9.17) is 4.74 Å². The Bertz CT molecular complexity index is 1040. The minimum atomic E-state index is -0.851. The zero-order valence-electron chi connectivity index (χ0n) is 14.5. The Kier molecular flexibility index (Phi) is 4.75. The van der Waals surface area contributed by atoms with Crippen LogP contribution in [0.15, 0.2) is 47.3 Å². The number of benzene rings is 2. The monoisotopic (exact) mass is 355 g/mol. The highest BCUT2D eigenvalue weighted by molar-refractivity contribution is 5.99. The average molecular weight is 355 g/mol. The molecule has 0 unspecified atom stereocenters. The predicted molar refractivity (Wildman–Crippen MR) is 96.0 cm³/mol. The number of ether oxygens (including phenoxy) is 1. The van der Waals surface area contributed by atoms with Crippen LogP contribution in [-0.4, -0.2) is 22.2 Å². The molecule has 0 aliphatic rings. The van der Waals surface area contributed by atoms with Crippen molar-refractivity contribution in [3.63, 3.8) is 0 Å². The van der Waals surface area contributed by atoms with E-state index in [2.05, 4.69) is 0 Å². The van der Waals surface area contributed by atoms with Crippen molar-refractivity contribution in [1.29, 1.82) is 0 Å². The first-order valence-corrected chi connectivity index (χ1v) is 8.18. The van der Waals surface area contributed by atoms with Gasteiger partial charge in [0.15, 0.2) is 5.56 Å². The van der Waals surface area contributed by atoms with Crippen LogP contribution in [0.3, 0.4) is 0 Å². The quantitative estimate of drug-likeness (QED) is 0.730. The number of hydrogen-bond donors (Lipinski definition) is 1. The molecule has 1 heterocycles. The molecular weight excluding hydrogens is 337 g/mol. The van der Waals surface area contributed by atoms with Crippen LogP contribution in [0.4, 0.5) is 4.39 Å². The second-order valence-corrected chi connectivity index (χ2v) is 5.96. The van der Waals surface area contributed by atoms with Crippen molar-refractivity contribution < 1.29 is 19.0 Å². The van der Waals surface area contributed by atoms with Crippen LogP contribution in [0.2, 0.25) is 0 Å². The summed E-state index contributed by atoms with van der Waals surface area (Å²) < 4.78 is 19.2. The number of carbonyl (C=O) groups excluding carboxylic acids is 1. The molecule has 0 atom stereocenters. The van der Waals surface area contributed by atoms with Gasteiger partial charge in [0.25, 0.3) is 5.56 Å². The van der Waals surface area contributed by atoms with E-state index in [9.17, 15) is 19.1 Å². The van der Waals surface area contributed by atoms with Gasteiger partial charge in [-0.25, -0.2) is 9.18 Å². The van der Waals surface area contributed by atoms with Crippen LogP contribution in [0.1, 0.15) is 28.4 Å². The predicted octanol–water partition coefficient (Wildman–Crippen LogP) is 3.15. The Hall–Kier alpha value is -3.15. The maximum absolute atomic E-state index is 13.0. The first-order chi connectivity index (χ1) is 12.4. The molecule has 0 spiro atoms. The van der Waals surface area contributed by atoms with Crippen molar-refractivity contribution >= 4 is 16.9 Å². The third kappa shape index (κ3) is 3.18. The van der Waals surface area contributed by atoms with Crippen LogP contribution >= 0.6 is 0 Å². The van der Waals surface area contributed by atoms with Crippen molar-refractivity contribution in [2.45, 2.75) is 13.3 Å². The van der Waals surface area contributed by atoms with Gasteiger partial charge in [-0.05, 0) is 48.7 Å². The molecule has 3 rings (SSSR count). The lowest BCUT2D eigenvalue weighted by molar-refractivity contribution is 0.0520. The van der Waals surface area contributed by atoms with E-state index in [0.717, 1.165) is 11.1 Å². The molecule has 0 radical (unpaired) electrons. The smallest absolute Gasteiger partial charge is 0.347 e. The molecule has 26 heavy (non-hydrogen) atoms. The summed E-state index contributed by atoms with van der Waals surface area (Å²) >= 11 is 0. The summed E-state index contributed by atoms with van der Waals surface area (Å²) in [5, 5.41) is 10.9. The first kappa shape index (κ1) is 17.7. The first-order valence-electron chi connectivity index (χ1n) is 8.18. The summed E-state index contributed by atoms with van der Waals surface area (Å²) in [4.78, 5) is 24.5. The van der Waals surface area contributed by atoms with Gasteiger partial charge >= 0.3 is 5.97 Å². The van der Waals surface area contributed by atoms with E-state index in [1.165, 1.54) is 23.7 Å². The molecule has 5 nitrogen and oxygen atoms in total. The summed E-state index contributed by atoms with van der Waals surface area (Å²) in [6, 6.07) is 11.4. The number of pyridine rings is 1. The van der Waals surface area contributed by atoms with Gasteiger partial charge in [0.2, 0.25) is 0 Å². The number of hydrogen-bond acceptors (Lipinski definition) is 4. The summed E-state index contributed by atoms with van der Waals surface area (Å²) in [6.45, 7) is 1.73. The number of rotatable bonds is 4. The summed E-state index contributed by atoms with van der Waals surface area (Å²) in [6.07, 6.45) is 0.521. The molecule has 6 heteroatoms. The molecule has 1 aromatic heterocycles. The SMILES string of the molecule is CCOC(=O)c1c(O)c2cc(Cc3ccc(F)cc3)ccc2n(C)c1=O. The number of nitrogens with zero attached hydrogens (tertiary/aromatic N) is 1. The minimum absolute atomic E-state index is 0.101. The molecule has 0 fully saturated rings. The highest BCUT2D eigenvalue weighted by Gasteiger charge is 2.22. The molecule has 0 saturated carbocycles. The zero-order chi connectivity index (χ0) is 18.8. The molecule has 0 bridgehead atoms. The van der Waals surface area contributed by atoms with Crippen molar-refractivity contribution in [1.82, 2.24) is 4.57 Å². The van der Waals surface area contributed by atoms with Crippen LogP contribution < -0.4 is 5.56 Å². The van der Waals surface area contributed by atoms with E-state index in [-0.39, 0.29) is 23.7 Å². The topological polar surface area (TPSA) is 68.5 Å². The molecule has 2 aromatic carbocycles. The van der Waals surface area contributed by atoms with Gasteiger partial charge < -0.3 is 14.4 Å². The number of aryl methyl sites for hydroxylation is 1. The van der Waals surface area contributed by atoms with Crippen molar-refractivity contribution in [2.75, 3.05) is 6.61 Å². The zero-order valence-corrected chi connectivity index (χ0v) is 14.5. The Morgan fingerprint density at radius 2 is 1.81 bits per heavy atom. The second-order valence-electron chi connectivity index (χ2n) is 5.96. The van der Waals surface area contributed by atoms with Crippen molar-refractivity contribution in [3.8, 4) is 5.75 Å². The lowest BCUT2D eigenvalue weighted by Gasteiger charge is -2.12. The lowest BCUT2D eigenvalue weighted by Crippen LogP contribution is -2.26. The number of halogens is 1. The Morgan fingerprint density at radius 3 is 2.46 bits per heavy atom. The van der Waals surface area contributed by atoms with Gasteiger partial charge in [-0.3, -0.25) is 4.79 Å². The second kappa shape index (κ2) is 7.00. The van der Waals surface area contributed by atoms with Crippen molar-refractivity contribution in [2.24, 2.45) is 7.05 Å². The fraction of sp³-hybridized carbons (Fsp3) is 0.200. The highest BCUT2D eigenvalue weighted by Crippen LogP contribution is 2.28. The number of carbonyl (C=O) groups is 1. The number of fused-ring (bicyclic) bond motifs is 1. The standard InChI is InChI=1S/C20H18FNO4/c1-3-26-20(25)17-18(23)15-11-13(6-9-16(15)22(2)19(17)24)10-12-4-7-14(21)8-5-12/h4-9,11,23H,3,10H2,1-2H3. The summed E-state index contributed by atoms with van der Waals surface area (Å²) in [7, 11) is 1.53. The highest BCUT2D eigenvalue weighted by atomic mass is 19.1. The number of aromatic nitrogens is 1. The lowest BCUT2D eigenvalue weighted by atomic mass is 10.0. The van der Waals surface area contributed by atoms with E-state index >= 15 is 0 Å². The molecule has 0 aliphatic heterocycles. The molecule has 134 valence electrons. The van der Waals surface area contributed by atoms with Gasteiger partial charge in [-0.2, -0.15) is 0 Å². The molecule has 0 aliphatic carbocycles. The number of aromatic hydroxyl groups is 1. The van der Waals surface area contributed by atoms with E-state index < -0.39 is 11.5 Å². The normalized spacial score (nSPS) is 10.9. The van der Waals surface area contributed by atoms with Gasteiger partial charge in [-0.15, -0.1) is 0 Å². The third-order valence-electron chi connectivity index (χ3n) is 4.23. The maximum Gasteiger partial charge on any atom is 0.347 e. The van der Waals surface area contributed by atoms with Crippen molar-refractivity contribution in [3.05, 3.63) is 75.3 Å². The fourth-order valence-corrected chi connectivity index (χ4v) is 2.91. The Labute approximate surface area is 149 Å². The van der Waals surface area contributed by atoms with Crippen LogP contribution in [0.25, 0.3) is 10.9 Å². The number of esters is 1. The van der Waals surface area contributed by atoms with E-state index in [0.29, 0.717) is 17.3 Å². The average Bonchev–Trinajstić information content (AvgIpc) is 2.62. The van der Waals surface area contributed by atoms with Crippen LogP contribution in [-0.2, 0) is 18.2 Å². The molecule has 0 amide bonds. The fourth-order valence-electron chi connectivity index (χ4n) is 2.91. The van der Waals surface area contributed by atoms with E-state index in [1.54, 1.807) is 31.2 Å². The largest absolute Gasteiger partial charge is 0.506 e. The van der Waals surface area contributed by atoms with Gasteiger partial charge in [-0.1, -0.05) is 18.2 Å². The van der Waals surface area contributed by atoms with Crippen LogP contribution in [0, 0.1) is 5.82 Å². The van der Waals surface area contributed by atoms with Gasteiger partial charge in [0.1, 0.15) is 11.6 Å². The maximum atomic E-state index is 13.0. The van der Waals surface area contributed by atoms with Gasteiger partial charge in [0.05, 0.1) is 12.1 Å². The van der Waals surface area contributed by atoms with Crippen LogP contribution in [0.5, 0.6) is 5.75 Å². The summed E-state index contributed by atoms with van der Waals surface area (Å²) in [5.41, 5.74) is 1.28. The summed E-state index contributed by atoms with van der Waals surface area (Å²) in [5.74, 6) is -1.54. The molecule has 0 saturated heterocycles. The third-order valence-corrected chi connectivity index (χ3v) is 4.23. The van der Waals surface area contributed by atoms with E-state index in [1.807, 2.05) is 6.07 Å². The molecule has 3 aromatic rings. The molecule has 1 N–H and O–H groups in total. The Balaban J connectivity index is 2.12.